The average molecular weight is 531 g/mol. The molecule has 10 heteroatoms. The minimum Gasteiger partial charge on any atom is -0.462 e. The molecule has 1 fully saturated rings. The molecule has 0 amide bonds. The molecule has 1 rings (SSSR count). The number of methoxy groups -OCH3 is 1. The molecular formula is C27H46O10. The van der Waals surface area contributed by atoms with Crippen LogP contribution >= 0.6 is 0 Å². The topological polar surface area (TPSA) is 124 Å². The number of hydrogen-bond acceptors (Lipinski definition) is 10. The highest BCUT2D eigenvalue weighted by Gasteiger charge is 2.54. The normalized spacial score (nSPS) is 25.2. The third-order valence-corrected chi connectivity index (χ3v) is 5.38. The second-order valence-corrected chi connectivity index (χ2v) is 13.5. The van der Waals surface area contributed by atoms with E-state index in [2.05, 4.69) is 0 Å². The lowest BCUT2D eigenvalue weighted by molar-refractivity contribution is -0.306. The van der Waals surface area contributed by atoms with Gasteiger partial charge in [0.25, 0.3) is 0 Å². The summed E-state index contributed by atoms with van der Waals surface area (Å²) in [5, 5.41) is 0. The van der Waals surface area contributed by atoms with E-state index in [-0.39, 0.29) is 6.61 Å². The van der Waals surface area contributed by atoms with Gasteiger partial charge in [-0.3, -0.25) is 19.2 Å². The Morgan fingerprint density at radius 3 is 1.27 bits per heavy atom. The summed E-state index contributed by atoms with van der Waals surface area (Å²) >= 11 is 0. The summed E-state index contributed by atoms with van der Waals surface area (Å²) in [6.07, 6.45) is -6.12. The van der Waals surface area contributed by atoms with Gasteiger partial charge in [-0.1, -0.05) is 0 Å². The maximum Gasteiger partial charge on any atom is 0.311 e. The van der Waals surface area contributed by atoms with Gasteiger partial charge in [-0.2, -0.15) is 0 Å². The Morgan fingerprint density at radius 2 is 0.919 bits per heavy atom. The molecule has 0 N–H and O–H groups in total. The van der Waals surface area contributed by atoms with Gasteiger partial charge >= 0.3 is 23.9 Å². The van der Waals surface area contributed by atoms with Crippen LogP contribution in [-0.4, -0.2) is 68.3 Å². The summed E-state index contributed by atoms with van der Waals surface area (Å²) < 4.78 is 34.4. The predicted octanol–water partition coefficient (Wildman–Crippen LogP) is 3.82. The Kier molecular flexibility index (Phi) is 10.4. The lowest BCUT2D eigenvalue weighted by Gasteiger charge is -2.45. The SMILES string of the molecule is CO[C@@H]1OC(COC(=O)C(C)(C)C)[C@H](OC(=O)C(C)(C)C)C(OC(=O)C(C)(C)C)C1OC(=O)C(C)(C)C. The zero-order chi connectivity index (χ0) is 29.1. The maximum atomic E-state index is 13.0. The standard InChI is InChI=1S/C27H46O10/c1-24(2,3)20(28)33-14-15-16(35-21(29)25(4,5)6)17(36-22(30)26(7,8)9)18(19(32-13)34-15)37-23(31)27(10,11)12/h15-19H,14H2,1-13H3/t15?,16-,17?,18?,19+/m0/s1. The fourth-order valence-corrected chi connectivity index (χ4v) is 2.88. The summed E-state index contributed by atoms with van der Waals surface area (Å²) in [5.74, 6) is -2.33. The Morgan fingerprint density at radius 1 is 0.568 bits per heavy atom. The molecule has 0 radical (unpaired) electrons. The van der Waals surface area contributed by atoms with Crippen molar-refractivity contribution in [2.75, 3.05) is 13.7 Å². The van der Waals surface area contributed by atoms with Crippen LogP contribution < -0.4 is 0 Å². The number of carbonyl (C=O) groups excluding carboxylic acids is 4. The lowest BCUT2D eigenvalue weighted by atomic mass is 9.93. The van der Waals surface area contributed by atoms with Crippen molar-refractivity contribution in [1.29, 1.82) is 0 Å². The molecular weight excluding hydrogens is 484 g/mol. The molecule has 0 aliphatic carbocycles. The summed E-state index contributed by atoms with van der Waals surface area (Å²) in [5.41, 5.74) is -3.53. The van der Waals surface area contributed by atoms with Gasteiger partial charge in [-0.25, -0.2) is 0 Å². The van der Waals surface area contributed by atoms with E-state index in [1.807, 2.05) is 0 Å². The molecule has 214 valence electrons. The molecule has 0 bridgehead atoms. The van der Waals surface area contributed by atoms with E-state index >= 15 is 0 Å². The molecule has 3 unspecified atom stereocenters. The molecule has 0 spiro atoms. The number of esters is 4. The molecule has 1 saturated heterocycles. The third-order valence-electron chi connectivity index (χ3n) is 5.38. The molecule has 10 nitrogen and oxygen atoms in total. The monoisotopic (exact) mass is 530 g/mol. The van der Waals surface area contributed by atoms with Gasteiger partial charge in [-0.05, 0) is 83.1 Å². The fourth-order valence-electron chi connectivity index (χ4n) is 2.88. The van der Waals surface area contributed by atoms with Gasteiger partial charge in [0.2, 0.25) is 0 Å². The van der Waals surface area contributed by atoms with E-state index in [0.29, 0.717) is 0 Å². The Hall–Kier alpha value is -2.20. The van der Waals surface area contributed by atoms with Gasteiger partial charge in [0.15, 0.2) is 24.6 Å². The molecule has 0 aromatic rings. The molecule has 1 heterocycles. The smallest absolute Gasteiger partial charge is 0.311 e. The summed E-state index contributed by atoms with van der Waals surface area (Å²) in [7, 11) is 1.34. The maximum absolute atomic E-state index is 13.0. The van der Waals surface area contributed by atoms with Crippen molar-refractivity contribution in [3.05, 3.63) is 0 Å². The van der Waals surface area contributed by atoms with Crippen molar-refractivity contribution in [2.24, 2.45) is 21.7 Å². The zero-order valence-electron chi connectivity index (χ0n) is 24.7. The first-order valence-corrected chi connectivity index (χ1v) is 12.5. The summed E-state index contributed by atoms with van der Waals surface area (Å²) in [6, 6.07) is 0. The third kappa shape index (κ3) is 9.25. The number of ether oxygens (including phenoxy) is 6. The van der Waals surface area contributed by atoms with Crippen LogP contribution in [0.5, 0.6) is 0 Å². The van der Waals surface area contributed by atoms with E-state index in [4.69, 9.17) is 28.4 Å². The van der Waals surface area contributed by atoms with Crippen LogP contribution in [-0.2, 0) is 47.6 Å². The van der Waals surface area contributed by atoms with Crippen molar-refractivity contribution in [3.63, 3.8) is 0 Å². The van der Waals surface area contributed by atoms with Crippen LogP contribution in [0.2, 0.25) is 0 Å². The van der Waals surface area contributed by atoms with Crippen molar-refractivity contribution in [2.45, 2.75) is 114 Å². The van der Waals surface area contributed by atoms with Crippen LogP contribution in [0.3, 0.4) is 0 Å². The molecule has 0 aromatic carbocycles. The van der Waals surface area contributed by atoms with E-state index in [9.17, 15) is 19.2 Å². The first-order valence-electron chi connectivity index (χ1n) is 12.5. The van der Waals surface area contributed by atoms with Gasteiger partial charge < -0.3 is 28.4 Å². The fraction of sp³-hybridized carbons (Fsp3) is 0.852. The molecule has 1 aliphatic rings. The van der Waals surface area contributed by atoms with Crippen molar-refractivity contribution < 1.29 is 47.6 Å². The van der Waals surface area contributed by atoms with Crippen LogP contribution in [0.4, 0.5) is 0 Å². The van der Waals surface area contributed by atoms with Crippen LogP contribution in [0.25, 0.3) is 0 Å². The second kappa shape index (κ2) is 11.7. The highest BCUT2D eigenvalue weighted by Crippen LogP contribution is 2.34. The average Bonchev–Trinajstić information content (AvgIpc) is 2.71. The molecule has 37 heavy (non-hydrogen) atoms. The highest BCUT2D eigenvalue weighted by atomic mass is 16.7. The minimum absolute atomic E-state index is 0.318. The van der Waals surface area contributed by atoms with E-state index in [0.717, 1.165) is 0 Å². The van der Waals surface area contributed by atoms with Gasteiger partial charge in [0, 0.05) is 7.11 Å². The summed E-state index contributed by atoms with van der Waals surface area (Å²) in [4.78, 5) is 51.3. The summed E-state index contributed by atoms with van der Waals surface area (Å²) in [6.45, 7) is 19.8. The first kappa shape index (κ1) is 32.8. The Balaban J connectivity index is 3.58. The first-order chi connectivity index (χ1) is 16.5. The number of carbonyl (C=O) groups is 4. The van der Waals surface area contributed by atoms with Crippen molar-refractivity contribution in [3.8, 4) is 0 Å². The van der Waals surface area contributed by atoms with Crippen LogP contribution in [0.15, 0.2) is 0 Å². The molecule has 0 aromatic heterocycles. The predicted molar refractivity (Wildman–Crippen MR) is 134 cm³/mol. The van der Waals surface area contributed by atoms with Crippen molar-refractivity contribution >= 4 is 23.9 Å². The number of hydrogen-bond donors (Lipinski definition) is 0. The van der Waals surface area contributed by atoms with Gasteiger partial charge in [0.1, 0.15) is 12.7 Å². The van der Waals surface area contributed by atoms with Gasteiger partial charge in [0.05, 0.1) is 21.7 Å². The van der Waals surface area contributed by atoms with Crippen molar-refractivity contribution in [1.82, 2.24) is 0 Å². The quantitative estimate of drug-likeness (QED) is 0.370. The van der Waals surface area contributed by atoms with E-state index in [1.54, 1.807) is 83.1 Å². The molecule has 0 saturated carbocycles. The van der Waals surface area contributed by atoms with Crippen LogP contribution in [0, 0.1) is 21.7 Å². The molecule has 1 aliphatic heterocycles. The van der Waals surface area contributed by atoms with Crippen LogP contribution in [0.1, 0.15) is 83.1 Å². The highest BCUT2D eigenvalue weighted by molar-refractivity contribution is 5.78. The van der Waals surface area contributed by atoms with Gasteiger partial charge in [-0.15, -0.1) is 0 Å². The number of rotatable bonds is 6. The lowest BCUT2D eigenvalue weighted by Crippen LogP contribution is -2.64. The molecule has 5 atom stereocenters. The van der Waals surface area contributed by atoms with E-state index in [1.165, 1.54) is 7.11 Å². The zero-order valence-corrected chi connectivity index (χ0v) is 24.7. The van der Waals surface area contributed by atoms with E-state index < -0.39 is 76.2 Å². The Labute approximate surface area is 221 Å². The Bertz CT molecular complexity index is 835. The second-order valence-electron chi connectivity index (χ2n) is 13.5. The largest absolute Gasteiger partial charge is 0.462 e. The minimum atomic E-state index is -1.30.